The fraction of sp³-hybridized carbons (Fsp3) is 0.0769. The summed E-state index contributed by atoms with van der Waals surface area (Å²) in [6, 6.07) is 15.6. The minimum Gasteiger partial charge on any atom is -0.475 e. The zero-order chi connectivity index (χ0) is 10.7. The van der Waals surface area contributed by atoms with Crippen LogP contribution in [0.15, 0.2) is 42.5 Å². The molecule has 0 N–H and O–H groups in total. The first-order chi connectivity index (χ1) is 7.31. The number of rotatable bonds is 2. The molecule has 73 valence electrons. The van der Waals surface area contributed by atoms with E-state index in [4.69, 9.17) is 10.00 Å². The van der Waals surface area contributed by atoms with Crippen LogP contribution in [0.4, 0.5) is 0 Å². The molecule has 0 aliphatic carbocycles. The second-order valence-corrected chi connectivity index (χ2v) is 3.21. The summed E-state index contributed by atoms with van der Waals surface area (Å²) in [7, 11) is 0. The van der Waals surface area contributed by atoms with Crippen molar-refractivity contribution in [3.8, 4) is 11.8 Å². The molecular weight excluding hydrogens is 186 g/mol. The van der Waals surface area contributed by atoms with Crippen LogP contribution in [0.2, 0.25) is 0 Å². The summed E-state index contributed by atoms with van der Waals surface area (Å²) in [5.41, 5.74) is 0. The van der Waals surface area contributed by atoms with Gasteiger partial charge in [0.25, 0.3) is 0 Å². The molecule has 1 atom stereocenters. The third kappa shape index (κ3) is 1.92. The highest BCUT2D eigenvalue weighted by molar-refractivity contribution is 5.88. The van der Waals surface area contributed by atoms with E-state index in [1.807, 2.05) is 48.5 Å². The van der Waals surface area contributed by atoms with E-state index in [0.29, 0.717) is 5.75 Å². The van der Waals surface area contributed by atoms with Gasteiger partial charge in [-0.15, -0.1) is 0 Å². The Kier molecular flexibility index (Phi) is 2.55. The molecule has 0 bridgehead atoms. The van der Waals surface area contributed by atoms with Gasteiger partial charge in [0, 0.05) is 12.3 Å². The first-order valence-corrected chi connectivity index (χ1v) is 4.68. The largest absolute Gasteiger partial charge is 0.475 e. The van der Waals surface area contributed by atoms with Crippen molar-refractivity contribution in [2.75, 3.05) is 0 Å². The molecule has 1 radical (unpaired) electrons. The number of benzene rings is 2. The van der Waals surface area contributed by atoms with Crippen molar-refractivity contribution in [3.05, 3.63) is 49.4 Å². The Balaban J connectivity index is 2.48. The van der Waals surface area contributed by atoms with Crippen LogP contribution in [-0.2, 0) is 0 Å². The van der Waals surface area contributed by atoms with Crippen molar-refractivity contribution in [3.63, 3.8) is 0 Å². The van der Waals surface area contributed by atoms with Gasteiger partial charge in [0.15, 0.2) is 6.10 Å². The van der Waals surface area contributed by atoms with Crippen molar-refractivity contribution in [2.24, 2.45) is 0 Å². The number of fused-ring (bicyclic) bond motifs is 1. The molecule has 2 rings (SSSR count). The van der Waals surface area contributed by atoms with Crippen LogP contribution in [0.3, 0.4) is 0 Å². The minimum atomic E-state index is -0.671. The summed E-state index contributed by atoms with van der Waals surface area (Å²) >= 11 is 0. The third-order valence-electron chi connectivity index (χ3n) is 2.16. The highest BCUT2D eigenvalue weighted by Gasteiger charge is 2.04. The molecular formula is C13H10NO. The Hall–Kier alpha value is -2.01. The minimum absolute atomic E-state index is 0.671. The van der Waals surface area contributed by atoms with Crippen LogP contribution >= 0.6 is 0 Å². The fourth-order valence-electron chi connectivity index (χ4n) is 1.48. The van der Waals surface area contributed by atoms with Gasteiger partial charge < -0.3 is 4.74 Å². The van der Waals surface area contributed by atoms with Gasteiger partial charge in [-0.25, -0.2) is 0 Å². The monoisotopic (exact) mass is 196 g/mol. The standard InChI is InChI=1S/C13H10NO/c1-10(9-14)15-13-8-4-6-11-5-2-3-7-12(11)13/h2-8,10H,1H2. The predicted octanol–water partition coefficient (Wildman–Crippen LogP) is 2.94. The van der Waals surface area contributed by atoms with Crippen LogP contribution < -0.4 is 4.74 Å². The average Bonchev–Trinajstić information content (AvgIpc) is 2.29. The highest BCUT2D eigenvalue weighted by Crippen LogP contribution is 2.25. The summed E-state index contributed by atoms with van der Waals surface area (Å²) in [5, 5.41) is 10.7. The molecule has 15 heavy (non-hydrogen) atoms. The van der Waals surface area contributed by atoms with E-state index in [9.17, 15) is 0 Å². The Morgan fingerprint density at radius 3 is 2.67 bits per heavy atom. The summed E-state index contributed by atoms with van der Waals surface area (Å²) in [6.45, 7) is 3.58. The number of ether oxygens (including phenoxy) is 1. The molecule has 2 aromatic rings. The molecule has 2 heteroatoms. The lowest BCUT2D eigenvalue weighted by molar-refractivity contribution is 0.304. The lowest BCUT2D eigenvalue weighted by atomic mass is 10.1. The van der Waals surface area contributed by atoms with Crippen molar-refractivity contribution >= 4 is 10.8 Å². The quantitative estimate of drug-likeness (QED) is 0.739. The van der Waals surface area contributed by atoms with E-state index in [-0.39, 0.29) is 0 Å². The third-order valence-corrected chi connectivity index (χ3v) is 2.16. The van der Waals surface area contributed by atoms with E-state index < -0.39 is 6.10 Å². The van der Waals surface area contributed by atoms with Crippen molar-refractivity contribution in [1.82, 2.24) is 0 Å². The van der Waals surface area contributed by atoms with Gasteiger partial charge in [0.2, 0.25) is 0 Å². The Morgan fingerprint density at radius 2 is 1.87 bits per heavy atom. The molecule has 0 fully saturated rings. The first kappa shape index (κ1) is 9.54. The van der Waals surface area contributed by atoms with Gasteiger partial charge in [-0.2, -0.15) is 5.26 Å². The Bertz CT molecular complexity index is 508. The van der Waals surface area contributed by atoms with Crippen LogP contribution in [0, 0.1) is 18.3 Å². The van der Waals surface area contributed by atoms with Gasteiger partial charge >= 0.3 is 0 Å². The normalized spacial score (nSPS) is 12.0. The van der Waals surface area contributed by atoms with Gasteiger partial charge in [-0.3, -0.25) is 0 Å². The van der Waals surface area contributed by atoms with E-state index in [1.54, 1.807) is 0 Å². The van der Waals surface area contributed by atoms with Crippen molar-refractivity contribution < 1.29 is 4.74 Å². The van der Waals surface area contributed by atoms with E-state index in [2.05, 4.69) is 6.92 Å². The average molecular weight is 196 g/mol. The van der Waals surface area contributed by atoms with Gasteiger partial charge in [0.05, 0.1) is 0 Å². The lowest BCUT2D eigenvalue weighted by Crippen LogP contribution is -2.08. The van der Waals surface area contributed by atoms with Gasteiger partial charge in [-0.1, -0.05) is 36.4 Å². The smallest absolute Gasteiger partial charge is 0.184 e. The summed E-state index contributed by atoms with van der Waals surface area (Å²) in [4.78, 5) is 0. The molecule has 0 aliphatic heterocycles. The first-order valence-electron chi connectivity index (χ1n) is 4.68. The zero-order valence-corrected chi connectivity index (χ0v) is 8.18. The molecule has 2 nitrogen and oxygen atoms in total. The maximum absolute atomic E-state index is 8.63. The summed E-state index contributed by atoms with van der Waals surface area (Å²) < 4.78 is 5.40. The molecule has 0 spiro atoms. The number of nitrogens with zero attached hydrogens (tertiary/aromatic N) is 1. The molecule has 0 aliphatic rings. The van der Waals surface area contributed by atoms with E-state index >= 15 is 0 Å². The lowest BCUT2D eigenvalue weighted by Gasteiger charge is -2.09. The van der Waals surface area contributed by atoms with Crippen LogP contribution in [0.5, 0.6) is 5.75 Å². The SMILES string of the molecule is [CH2]C(C#N)Oc1cccc2ccccc12. The van der Waals surface area contributed by atoms with E-state index in [0.717, 1.165) is 10.8 Å². The predicted molar refractivity (Wildman–Crippen MR) is 59.3 cm³/mol. The molecule has 0 saturated heterocycles. The Labute approximate surface area is 88.7 Å². The van der Waals surface area contributed by atoms with E-state index in [1.165, 1.54) is 0 Å². The molecule has 0 amide bonds. The molecule has 0 saturated carbocycles. The fourth-order valence-corrected chi connectivity index (χ4v) is 1.48. The number of nitriles is 1. The Morgan fingerprint density at radius 1 is 1.13 bits per heavy atom. The maximum Gasteiger partial charge on any atom is 0.184 e. The molecule has 2 aromatic carbocycles. The molecule has 0 heterocycles. The van der Waals surface area contributed by atoms with Crippen LogP contribution in [-0.4, -0.2) is 6.10 Å². The topological polar surface area (TPSA) is 33.0 Å². The van der Waals surface area contributed by atoms with Crippen molar-refractivity contribution in [1.29, 1.82) is 5.26 Å². The summed E-state index contributed by atoms with van der Waals surface area (Å²) in [6.07, 6.45) is -0.671. The second kappa shape index (κ2) is 4.02. The zero-order valence-electron chi connectivity index (χ0n) is 8.18. The summed E-state index contributed by atoms with van der Waals surface area (Å²) in [5.74, 6) is 0.703. The second-order valence-electron chi connectivity index (χ2n) is 3.21. The highest BCUT2D eigenvalue weighted by atomic mass is 16.5. The molecule has 0 aromatic heterocycles. The van der Waals surface area contributed by atoms with Crippen LogP contribution in [0.1, 0.15) is 0 Å². The van der Waals surface area contributed by atoms with Crippen molar-refractivity contribution in [2.45, 2.75) is 6.10 Å². The van der Waals surface area contributed by atoms with Crippen LogP contribution in [0.25, 0.3) is 10.8 Å². The number of hydrogen-bond donors (Lipinski definition) is 0. The van der Waals surface area contributed by atoms with Gasteiger partial charge in [-0.05, 0) is 11.5 Å². The number of hydrogen-bond acceptors (Lipinski definition) is 2. The van der Waals surface area contributed by atoms with Gasteiger partial charge in [0.1, 0.15) is 11.8 Å². The maximum atomic E-state index is 8.63. The molecule has 1 unspecified atom stereocenters.